The Hall–Kier alpha value is -0.240. The number of nitrogens with one attached hydrogen (secondary N) is 1. The number of halogens is 1. The van der Waals surface area contributed by atoms with Gasteiger partial charge in [0.05, 0.1) is 5.38 Å². The lowest BCUT2D eigenvalue weighted by Gasteiger charge is -2.24. The maximum atomic E-state index is 11.4. The molecule has 1 amide bonds. The minimum Gasteiger partial charge on any atom is -0.354 e. The summed E-state index contributed by atoms with van der Waals surface area (Å²) in [5, 5.41) is 3.00. The average molecular weight is 218 g/mol. The van der Waals surface area contributed by atoms with E-state index in [-0.39, 0.29) is 17.2 Å². The normalized spacial score (nSPS) is 19.1. The van der Waals surface area contributed by atoms with Gasteiger partial charge in [0.2, 0.25) is 5.91 Å². The molecule has 1 N–H and O–H groups in total. The number of alkyl halides is 1. The first-order valence-electron chi connectivity index (χ1n) is 5.51. The van der Waals surface area contributed by atoms with Crippen LogP contribution in [0.5, 0.6) is 0 Å². The van der Waals surface area contributed by atoms with Crippen LogP contribution in [-0.4, -0.2) is 17.8 Å². The summed E-state index contributed by atoms with van der Waals surface area (Å²) in [5.74, 6) is 1.07. The van der Waals surface area contributed by atoms with Crippen LogP contribution in [0, 0.1) is 11.8 Å². The van der Waals surface area contributed by atoms with Crippen molar-refractivity contribution in [2.24, 2.45) is 11.8 Å². The predicted octanol–water partition coefficient (Wildman–Crippen LogP) is 2.56. The van der Waals surface area contributed by atoms with Crippen molar-refractivity contribution in [3.05, 3.63) is 0 Å². The molecule has 0 heterocycles. The first-order valence-corrected chi connectivity index (χ1v) is 5.95. The quantitative estimate of drug-likeness (QED) is 0.705. The van der Waals surface area contributed by atoms with Crippen LogP contribution in [0.15, 0.2) is 0 Å². The van der Waals surface area contributed by atoms with Gasteiger partial charge < -0.3 is 5.32 Å². The Bertz CT molecular complexity index is 190. The third kappa shape index (κ3) is 3.87. The molecule has 14 heavy (non-hydrogen) atoms. The van der Waals surface area contributed by atoms with Gasteiger partial charge in [0.25, 0.3) is 0 Å². The molecule has 2 nitrogen and oxygen atoms in total. The monoisotopic (exact) mass is 217 g/mol. The van der Waals surface area contributed by atoms with Crippen molar-refractivity contribution in [2.45, 2.75) is 44.9 Å². The van der Waals surface area contributed by atoms with Gasteiger partial charge in [-0.15, -0.1) is 11.6 Å². The van der Waals surface area contributed by atoms with Crippen LogP contribution < -0.4 is 5.32 Å². The second kappa shape index (κ2) is 5.59. The van der Waals surface area contributed by atoms with E-state index < -0.39 is 0 Å². The largest absolute Gasteiger partial charge is 0.354 e. The molecule has 1 saturated carbocycles. The standard InChI is InChI=1S/C11H20ClNO/c1-8(2)6-10(12)7-13-11(14)9-4-3-5-9/h8-10H,3-7H2,1-2H3,(H,13,14). The zero-order valence-electron chi connectivity index (χ0n) is 9.05. The van der Waals surface area contributed by atoms with E-state index in [1.807, 2.05) is 0 Å². The maximum absolute atomic E-state index is 11.4. The second-order valence-electron chi connectivity index (χ2n) is 4.60. The zero-order valence-corrected chi connectivity index (χ0v) is 9.81. The van der Waals surface area contributed by atoms with Gasteiger partial charge in [0.1, 0.15) is 0 Å². The van der Waals surface area contributed by atoms with E-state index in [2.05, 4.69) is 19.2 Å². The van der Waals surface area contributed by atoms with Crippen LogP contribution in [0.1, 0.15) is 39.5 Å². The molecule has 1 aliphatic carbocycles. The molecule has 1 fully saturated rings. The summed E-state index contributed by atoms with van der Waals surface area (Å²) < 4.78 is 0. The minimum atomic E-state index is 0.0824. The van der Waals surface area contributed by atoms with Crippen LogP contribution in [0.4, 0.5) is 0 Å². The van der Waals surface area contributed by atoms with Crippen molar-refractivity contribution in [2.75, 3.05) is 6.54 Å². The lowest BCUT2D eigenvalue weighted by Crippen LogP contribution is -2.37. The molecule has 1 aliphatic rings. The molecule has 0 aliphatic heterocycles. The second-order valence-corrected chi connectivity index (χ2v) is 5.22. The Labute approximate surface area is 91.4 Å². The molecule has 0 aromatic carbocycles. The summed E-state index contributed by atoms with van der Waals surface area (Å²) in [4.78, 5) is 11.4. The van der Waals surface area contributed by atoms with Gasteiger partial charge in [-0.2, -0.15) is 0 Å². The Balaban J connectivity index is 2.09. The molecule has 3 heteroatoms. The van der Waals surface area contributed by atoms with E-state index in [0.29, 0.717) is 12.5 Å². The van der Waals surface area contributed by atoms with Gasteiger partial charge in [-0.05, 0) is 25.2 Å². The van der Waals surface area contributed by atoms with E-state index in [0.717, 1.165) is 19.3 Å². The van der Waals surface area contributed by atoms with Crippen molar-refractivity contribution in [1.29, 1.82) is 0 Å². The molecule has 0 radical (unpaired) electrons. The number of hydrogen-bond donors (Lipinski definition) is 1. The molecule has 1 atom stereocenters. The van der Waals surface area contributed by atoms with Crippen LogP contribution in [0.2, 0.25) is 0 Å². The molecule has 0 saturated heterocycles. The highest BCUT2D eigenvalue weighted by Gasteiger charge is 2.25. The summed E-state index contributed by atoms with van der Waals surface area (Å²) in [7, 11) is 0. The molecular formula is C11H20ClNO. The first-order chi connectivity index (χ1) is 6.59. The lowest BCUT2D eigenvalue weighted by molar-refractivity contribution is -0.127. The van der Waals surface area contributed by atoms with E-state index >= 15 is 0 Å². The summed E-state index contributed by atoms with van der Waals surface area (Å²) in [5.41, 5.74) is 0. The molecule has 0 spiro atoms. The molecular weight excluding hydrogens is 198 g/mol. The van der Waals surface area contributed by atoms with Crippen LogP contribution >= 0.6 is 11.6 Å². The fraction of sp³-hybridized carbons (Fsp3) is 0.909. The average Bonchev–Trinajstić information content (AvgIpc) is 1.96. The molecule has 82 valence electrons. The lowest BCUT2D eigenvalue weighted by atomic mass is 9.85. The Morgan fingerprint density at radius 2 is 2.14 bits per heavy atom. The van der Waals surface area contributed by atoms with E-state index in [9.17, 15) is 4.79 Å². The van der Waals surface area contributed by atoms with E-state index in [1.165, 1.54) is 6.42 Å². The highest BCUT2D eigenvalue weighted by atomic mass is 35.5. The van der Waals surface area contributed by atoms with Gasteiger partial charge in [-0.3, -0.25) is 4.79 Å². The van der Waals surface area contributed by atoms with E-state index in [1.54, 1.807) is 0 Å². The Morgan fingerprint density at radius 3 is 2.57 bits per heavy atom. The van der Waals surface area contributed by atoms with Crippen LogP contribution in [-0.2, 0) is 4.79 Å². The van der Waals surface area contributed by atoms with Crippen molar-refractivity contribution in [3.63, 3.8) is 0 Å². The summed E-state index contributed by atoms with van der Waals surface area (Å²) >= 11 is 6.07. The van der Waals surface area contributed by atoms with Gasteiger partial charge in [-0.1, -0.05) is 20.3 Å². The highest BCUT2D eigenvalue weighted by molar-refractivity contribution is 6.20. The third-order valence-electron chi connectivity index (χ3n) is 2.70. The van der Waals surface area contributed by atoms with Gasteiger partial charge in [0, 0.05) is 12.5 Å². The van der Waals surface area contributed by atoms with E-state index in [4.69, 9.17) is 11.6 Å². The topological polar surface area (TPSA) is 29.1 Å². The van der Waals surface area contributed by atoms with Crippen molar-refractivity contribution in [1.82, 2.24) is 5.32 Å². The number of amides is 1. The van der Waals surface area contributed by atoms with Crippen molar-refractivity contribution in [3.8, 4) is 0 Å². The van der Waals surface area contributed by atoms with Gasteiger partial charge in [0.15, 0.2) is 0 Å². The fourth-order valence-electron chi connectivity index (χ4n) is 1.62. The SMILES string of the molecule is CC(C)CC(Cl)CNC(=O)C1CCC1. The number of hydrogen-bond acceptors (Lipinski definition) is 1. The summed E-state index contributed by atoms with van der Waals surface area (Å²) in [6, 6.07) is 0. The van der Waals surface area contributed by atoms with Crippen molar-refractivity contribution < 1.29 is 4.79 Å². The molecule has 0 bridgehead atoms. The summed E-state index contributed by atoms with van der Waals surface area (Å²) in [6.45, 7) is 4.90. The molecule has 0 aromatic rings. The smallest absolute Gasteiger partial charge is 0.223 e. The maximum Gasteiger partial charge on any atom is 0.223 e. The highest BCUT2D eigenvalue weighted by Crippen LogP contribution is 2.26. The number of carbonyl (C=O) groups excluding carboxylic acids is 1. The fourth-order valence-corrected chi connectivity index (χ4v) is 2.05. The first kappa shape index (κ1) is 11.8. The Morgan fingerprint density at radius 1 is 1.50 bits per heavy atom. The predicted molar refractivity (Wildman–Crippen MR) is 59.4 cm³/mol. The third-order valence-corrected chi connectivity index (χ3v) is 3.03. The number of rotatable bonds is 5. The molecule has 0 aromatic heterocycles. The van der Waals surface area contributed by atoms with Gasteiger partial charge >= 0.3 is 0 Å². The van der Waals surface area contributed by atoms with Crippen LogP contribution in [0.3, 0.4) is 0 Å². The Kier molecular flexibility index (Phi) is 4.73. The molecule has 1 unspecified atom stereocenters. The number of carbonyl (C=O) groups is 1. The van der Waals surface area contributed by atoms with Crippen LogP contribution in [0.25, 0.3) is 0 Å². The molecule has 1 rings (SSSR count). The zero-order chi connectivity index (χ0) is 10.6. The van der Waals surface area contributed by atoms with Crippen molar-refractivity contribution >= 4 is 17.5 Å². The minimum absolute atomic E-state index is 0.0824. The van der Waals surface area contributed by atoms with Gasteiger partial charge in [-0.25, -0.2) is 0 Å². The summed E-state index contributed by atoms with van der Waals surface area (Å²) in [6.07, 6.45) is 4.28.